The number of halogens is 1. The molecule has 0 aliphatic heterocycles. The molecule has 0 saturated carbocycles. The van der Waals surface area contributed by atoms with E-state index in [4.69, 9.17) is 11.6 Å². The first-order chi connectivity index (χ1) is 13.1. The first kappa shape index (κ1) is 17.1. The number of aromatic amines is 1. The van der Waals surface area contributed by atoms with Gasteiger partial charge in [-0.15, -0.1) is 0 Å². The van der Waals surface area contributed by atoms with Gasteiger partial charge in [-0.1, -0.05) is 66.2 Å². The van der Waals surface area contributed by atoms with E-state index in [0.29, 0.717) is 23.8 Å². The number of H-pyrrole nitrogens is 1. The van der Waals surface area contributed by atoms with Crippen molar-refractivity contribution in [1.82, 2.24) is 4.98 Å². The van der Waals surface area contributed by atoms with Crippen molar-refractivity contribution in [3.63, 3.8) is 0 Å². The second-order valence-electron chi connectivity index (χ2n) is 6.15. The molecule has 27 heavy (non-hydrogen) atoms. The SMILES string of the molecule is O=Cc1cc(C=O)c2[nH]c(-c3ccc(-c4ccccc4)cc3)c(O)c2c1Cl. The van der Waals surface area contributed by atoms with Crippen LogP contribution in [0.2, 0.25) is 5.02 Å². The number of aromatic nitrogens is 1. The van der Waals surface area contributed by atoms with Crippen LogP contribution in [0.25, 0.3) is 33.3 Å². The van der Waals surface area contributed by atoms with Crippen molar-refractivity contribution in [3.8, 4) is 28.1 Å². The third-order valence-electron chi connectivity index (χ3n) is 4.58. The minimum absolute atomic E-state index is 0.0886. The molecule has 0 amide bonds. The molecule has 0 saturated heterocycles. The fraction of sp³-hybridized carbons (Fsp3) is 0. The molecular formula is C22H14ClNO3. The van der Waals surface area contributed by atoms with Gasteiger partial charge in [-0.25, -0.2) is 0 Å². The van der Waals surface area contributed by atoms with Crippen molar-refractivity contribution in [3.05, 3.63) is 76.8 Å². The van der Waals surface area contributed by atoms with E-state index in [1.54, 1.807) is 0 Å². The number of hydrogen-bond donors (Lipinski definition) is 2. The Morgan fingerprint density at radius 2 is 1.41 bits per heavy atom. The lowest BCUT2D eigenvalue weighted by Gasteiger charge is -2.04. The number of carbonyl (C=O) groups excluding carboxylic acids is 2. The number of benzene rings is 3. The number of nitrogens with one attached hydrogen (secondary N) is 1. The number of aldehydes is 2. The van der Waals surface area contributed by atoms with Crippen molar-refractivity contribution >= 4 is 35.1 Å². The van der Waals surface area contributed by atoms with E-state index in [1.807, 2.05) is 54.6 Å². The minimum Gasteiger partial charge on any atom is -0.505 e. The fourth-order valence-corrected chi connectivity index (χ4v) is 3.50. The Bertz CT molecular complexity index is 1160. The van der Waals surface area contributed by atoms with Gasteiger partial charge in [-0.05, 0) is 17.2 Å². The zero-order valence-electron chi connectivity index (χ0n) is 14.1. The van der Waals surface area contributed by atoms with Gasteiger partial charge in [0, 0.05) is 16.7 Å². The normalized spacial score (nSPS) is 10.9. The second-order valence-corrected chi connectivity index (χ2v) is 6.52. The van der Waals surface area contributed by atoms with Crippen molar-refractivity contribution in [1.29, 1.82) is 0 Å². The summed E-state index contributed by atoms with van der Waals surface area (Å²) in [6.45, 7) is 0. The topological polar surface area (TPSA) is 70.2 Å². The van der Waals surface area contributed by atoms with Gasteiger partial charge in [0.1, 0.15) is 0 Å². The molecule has 1 aromatic heterocycles. The largest absolute Gasteiger partial charge is 0.505 e. The van der Waals surface area contributed by atoms with Crippen molar-refractivity contribution in [2.75, 3.05) is 0 Å². The van der Waals surface area contributed by atoms with Gasteiger partial charge in [-0.3, -0.25) is 9.59 Å². The molecule has 0 unspecified atom stereocenters. The summed E-state index contributed by atoms with van der Waals surface area (Å²) in [7, 11) is 0. The summed E-state index contributed by atoms with van der Waals surface area (Å²) in [6, 6.07) is 19.0. The van der Waals surface area contributed by atoms with Crippen molar-refractivity contribution < 1.29 is 14.7 Å². The predicted octanol–water partition coefficient (Wildman–Crippen LogP) is 5.49. The van der Waals surface area contributed by atoms with Crippen LogP contribution in [0.4, 0.5) is 0 Å². The molecular weight excluding hydrogens is 362 g/mol. The maximum absolute atomic E-state index is 11.4. The van der Waals surface area contributed by atoms with Gasteiger partial charge in [0.2, 0.25) is 0 Å². The zero-order chi connectivity index (χ0) is 19.0. The van der Waals surface area contributed by atoms with Gasteiger partial charge in [-0.2, -0.15) is 0 Å². The van der Waals surface area contributed by atoms with E-state index in [2.05, 4.69) is 4.98 Å². The van der Waals surface area contributed by atoms with Gasteiger partial charge in [0.25, 0.3) is 0 Å². The van der Waals surface area contributed by atoms with Gasteiger partial charge in [0.15, 0.2) is 18.3 Å². The Hall–Kier alpha value is -3.37. The maximum atomic E-state index is 11.4. The molecule has 4 aromatic rings. The highest BCUT2D eigenvalue weighted by molar-refractivity contribution is 6.39. The first-order valence-electron chi connectivity index (χ1n) is 8.27. The lowest BCUT2D eigenvalue weighted by Crippen LogP contribution is -1.90. The molecule has 0 radical (unpaired) electrons. The molecule has 4 rings (SSSR count). The van der Waals surface area contributed by atoms with E-state index >= 15 is 0 Å². The van der Waals surface area contributed by atoms with Crippen LogP contribution in [0, 0.1) is 0 Å². The summed E-state index contributed by atoms with van der Waals surface area (Å²) in [6.07, 6.45) is 1.19. The summed E-state index contributed by atoms with van der Waals surface area (Å²) in [5.41, 5.74) is 4.14. The number of hydrogen-bond acceptors (Lipinski definition) is 3. The van der Waals surface area contributed by atoms with Crippen LogP contribution in [0.15, 0.2) is 60.7 Å². The van der Waals surface area contributed by atoms with E-state index in [1.165, 1.54) is 6.07 Å². The van der Waals surface area contributed by atoms with Crippen LogP contribution in [0.1, 0.15) is 20.7 Å². The standard InChI is InChI=1S/C22H14ClNO3/c23-19-16(11-25)10-17(12-26)20-18(19)22(27)21(24-20)15-8-6-14(7-9-15)13-4-2-1-3-5-13/h1-12,24,27H. The highest BCUT2D eigenvalue weighted by Crippen LogP contribution is 2.42. The number of aromatic hydroxyl groups is 1. The molecule has 0 aliphatic rings. The van der Waals surface area contributed by atoms with Crippen molar-refractivity contribution in [2.45, 2.75) is 0 Å². The van der Waals surface area contributed by atoms with E-state index in [0.717, 1.165) is 16.7 Å². The number of fused-ring (bicyclic) bond motifs is 1. The summed E-state index contributed by atoms with van der Waals surface area (Å²) >= 11 is 6.25. The third-order valence-corrected chi connectivity index (χ3v) is 4.99. The molecule has 4 nitrogen and oxygen atoms in total. The Labute approximate surface area is 160 Å². The molecule has 5 heteroatoms. The quantitative estimate of drug-likeness (QED) is 0.463. The highest BCUT2D eigenvalue weighted by atomic mass is 35.5. The van der Waals surface area contributed by atoms with Crippen LogP contribution < -0.4 is 0 Å². The minimum atomic E-state index is -0.0886. The molecule has 3 aromatic carbocycles. The average Bonchev–Trinajstić information content (AvgIpc) is 3.07. The Kier molecular flexibility index (Phi) is 4.26. The average molecular weight is 376 g/mol. The molecule has 0 bridgehead atoms. The molecule has 2 N–H and O–H groups in total. The van der Waals surface area contributed by atoms with Crippen LogP contribution in [0.5, 0.6) is 5.75 Å². The van der Waals surface area contributed by atoms with Crippen LogP contribution in [-0.4, -0.2) is 22.7 Å². The highest BCUT2D eigenvalue weighted by Gasteiger charge is 2.20. The van der Waals surface area contributed by atoms with E-state index in [9.17, 15) is 14.7 Å². The molecule has 0 aliphatic carbocycles. The van der Waals surface area contributed by atoms with Crippen molar-refractivity contribution in [2.24, 2.45) is 0 Å². The van der Waals surface area contributed by atoms with Crippen LogP contribution in [-0.2, 0) is 0 Å². The third kappa shape index (κ3) is 2.80. The molecule has 0 fully saturated rings. The Balaban J connectivity index is 1.87. The number of rotatable bonds is 4. The summed E-state index contributed by atoms with van der Waals surface area (Å²) in [4.78, 5) is 25.7. The van der Waals surface area contributed by atoms with Crippen LogP contribution in [0.3, 0.4) is 0 Å². The predicted molar refractivity (Wildman–Crippen MR) is 107 cm³/mol. The van der Waals surface area contributed by atoms with Crippen LogP contribution >= 0.6 is 11.6 Å². The monoisotopic (exact) mass is 375 g/mol. The smallest absolute Gasteiger partial charge is 0.152 e. The Morgan fingerprint density at radius 3 is 2.04 bits per heavy atom. The summed E-state index contributed by atoms with van der Waals surface area (Å²) < 4.78 is 0. The zero-order valence-corrected chi connectivity index (χ0v) is 14.8. The lowest BCUT2D eigenvalue weighted by molar-refractivity contribution is 0.112. The fourth-order valence-electron chi connectivity index (χ4n) is 3.22. The first-order valence-corrected chi connectivity index (χ1v) is 8.65. The lowest BCUT2D eigenvalue weighted by atomic mass is 10.0. The van der Waals surface area contributed by atoms with Gasteiger partial charge < -0.3 is 10.1 Å². The molecule has 0 atom stereocenters. The summed E-state index contributed by atoms with van der Waals surface area (Å²) in [5, 5.41) is 11.1. The second kappa shape index (κ2) is 6.74. The molecule has 0 spiro atoms. The summed E-state index contributed by atoms with van der Waals surface area (Å²) in [5.74, 6) is -0.0886. The van der Waals surface area contributed by atoms with E-state index < -0.39 is 0 Å². The Morgan fingerprint density at radius 1 is 0.815 bits per heavy atom. The molecule has 1 heterocycles. The van der Waals surface area contributed by atoms with E-state index in [-0.39, 0.29) is 27.3 Å². The van der Waals surface area contributed by atoms with Gasteiger partial charge in [0.05, 0.1) is 21.6 Å². The van der Waals surface area contributed by atoms with Gasteiger partial charge >= 0.3 is 0 Å². The number of carbonyl (C=O) groups is 2. The maximum Gasteiger partial charge on any atom is 0.152 e. The molecule has 132 valence electrons.